The van der Waals surface area contributed by atoms with Gasteiger partial charge in [0.2, 0.25) is 0 Å². The minimum atomic E-state index is -0.374. The largest absolute Gasteiger partial charge is 0.506 e. The molecule has 0 aliphatic heterocycles. The highest BCUT2D eigenvalue weighted by atomic mass is 16.3. The summed E-state index contributed by atoms with van der Waals surface area (Å²) >= 11 is 0. The Labute approximate surface area is 166 Å². The first-order chi connectivity index (χ1) is 13.2. The lowest BCUT2D eigenvalue weighted by atomic mass is 9.88. The van der Waals surface area contributed by atoms with Gasteiger partial charge in [-0.1, -0.05) is 12.1 Å². The molecule has 0 aliphatic rings. The molecule has 28 heavy (non-hydrogen) atoms. The topological polar surface area (TPSA) is 62.5 Å². The van der Waals surface area contributed by atoms with Crippen LogP contribution in [0.2, 0.25) is 0 Å². The van der Waals surface area contributed by atoms with Crippen LogP contribution in [-0.4, -0.2) is 11.0 Å². The Hall–Kier alpha value is -3.01. The molecule has 4 nitrogen and oxygen atoms in total. The fraction of sp³-hybridized carbons (Fsp3) is 0.292. The second kappa shape index (κ2) is 7.55. The molecular weight excluding hydrogens is 350 g/mol. The van der Waals surface area contributed by atoms with E-state index in [4.69, 9.17) is 4.42 Å². The van der Waals surface area contributed by atoms with Crippen LogP contribution in [0.15, 0.2) is 34.7 Å². The Morgan fingerprint density at radius 3 is 2.11 bits per heavy atom. The normalized spacial score (nSPS) is 10.9. The van der Waals surface area contributed by atoms with Crippen LogP contribution < -0.4 is 5.32 Å². The van der Waals surface area contributed by atoms with E-state index in [0.29, 0.717) is 12.1 Å². The average molecular weight is 377 g/mol. The fourth-order valence-corrected chi connectivity index (χ4v) is 3.60. The maximum absolute atomic E-state index is 12.6. The molecule has 146 valence electrons. The number of phenolic OH excluding ortho intramolecular Hbond substituents is 1. The Morgan fingerprint density at radius 2 is 1.50 bits per heavy atom. The summed E-state index contributed by atoms with van der Waals surface area (Å²) < 4.78 is 5.83. The third-order valence-corrected chi connectivity index (χ3v) is 5.88. The zero-order valence-electron chi connectivity index (χ0n) is 17.4. The van der Waals surface area contributed by atoms with Crippen molar-refractivity contribution in [1.82, 2.24) is 0 Å². The second-order valence-electron chi connectivity index (χ2n) is 7.47. The van der Waals surface area contributed by atoms with E-state index in [1.54, 1.807) is 18.2 Å². The number of hydrogen-bond acceptors (Lipinski definition) is 3. The van der Waals surface area contributed by atoms with E-state index < -0.39 is 0 Å². The summed E-state index contributed by atoms with van der Waals surface area (Å²) in [5, 5.41) is 12.7. The Morgan fingerprint density at radius 1 is 0.893 bits per heavy atom. The van der Waals surface area contributed by atoms with Crippen molar-refractivity contribution in [3.63, 3.8) is 0 Å². The van der Waals surface area contributed by atoms with Gasteiger partial charge in [-0.15, -0.1) is 0 Å². The molecule has 3 rings (SSSR count). The summed E-state index contributed by atoms with van der Waals surface area (Å²) in [4.78, 5) is 12.6. The predicted octanol–water partition coefficient (Wildman–Crippen LogP) is 5.68. The molecule has 0 saturated carbocycles. The zero-order chi connectivity index (χ0) is 20.6. The van der Waals surface area contributed by atoms with Crippen LogP contribution in [0.5, 0.6) is 5.75 Å². The second-order valence-corrected chi connectivity index (χ2v) is 7.47. The van der Waals surface area contributed by atoms with E-state index in [2.05, 4.69) is 39.9 Å². The van der Waals surface area contributed by atoms with Crippen LogP contribution in [0.4, 0.5) is 5.69 Å². The molecule has 0 spiro atoms. The number of nitrogens with one attached hydrogen (secondary N) is 1. The van der Waals surface area contributed by atoms with Crippen molar-refractivity contribution in [1.29, 1.82) is 0 Å². The smallest absolute Gasteiger partial charge is 0.291 e. The first kappa shape index (κ1) is 19.7. The molecule has 0 fully saturated rings. The standard InChI is InChI=1S/C24H27NO3/c1-13-8-7-9-21(26)23(13)25-24(27)22-11-10-19(28-22)12-20-17(5)15(3)14(2)16(4)18(20)6/h7-11,26H,12H2,1-6H3,(H,25,27). The molecule has 4 heteroatoms. The lowest BCUT2D eigenvalue weighted by Gasteiger charge is -2.18. The van der Waals surface area contributed by atoms with Gasteiger partial charge in [0, 0.05) is 6.42 Å². The quantitative estimate of drug-likeness (QED) is 0.575. The Bertz CT molecular complexity index is 1010. The molecule has 1 heterocycles. The molecule has 0 atom stereocenters. The molecule has 2 N–H and O–H groups in total. The van der Waals surface area contributed by atoms with E-state index in [-0.39, 0.29) is 17.4 Å². The number of aromatic hydroxyl groups is 1. The molecule has 2 aromatic carbocycles. The highest BCUT2D eigenvalue weighted by Crippen LogP contribution is 2.29. The van der Waals surface area contributed by atoms with Crippen molar-refractivity contribution in [3.8, 4) is 5.75 Å². The number of rotatable bonds is 4. The van der Waals surface area contributed by atoms with E-state index in [9.17, 15) is 9.90 Å². The van der Waals surface area contributed by atoms with Gasteiger partial charge in [-0.05, 0) is 98.7 Å². The summed E-state index contributed by atoms with van der Waals surface area (Å²) in [7, 11) is 0. The SMILES string of the molecule is Cc1cccc(O)c1NC(=O)c1ccc(Cc2c(C)c(C)c(C)c(C)c2C)o1. The van der Waals surface area contributed by atoms with Gasteiger partial charge in [-0.2, -0.15) is 0 Å². The first-order valence-electron chi connectivity index (χ1n) is 9.45. The number of anilines is 1. The number of furan rings is 1. The number of hydrogen-bond donors (Lipinski definition) is 2. The van der Waals surface area contributed by atoms with Gasteiger partial charge in [0.25, 0.3) is 5.91 Å². The van der Waals surface area contributed by atoms with Crippen LogP contribution in [0, 0.1) is 41.5 Å². The van der Waals surface area contributed by atoms with Crippen LogP contribution >= 0.6 is 0 Å². The van der Waals surface area contributed by atoms with E-state index in [1.165, 1.54) is 33.4 Å². The average Bonchev–Trinajstić information content (AvgIpc) is 3.14. The van der Waals surface area contributed by atoms with Crippen LogP contribution in [0.3, 0.4) is 0 Å². The highest BCUT2D eigenvalue weighted by molar-refractivity contribution is 6.03. The molecule has 1 aromatic heterocycles. The minimum Gasteiger partial charge on any atom is -0.506 e. The summed E-state index contributed by atoms with van der Waals surface area (Å²) in [6.07, 6.45) is 0.641. The van der Waals surface area contributed by atoms with Gasteiger partial charge < -0.3 is 14.8 Å². The maximum Gasteiger partial charge on any atom is 0.291 e. The molecule has 0 aliphatic carbocycles. The molecule has 0 saturated heterocycles. The van der Waals surface area contributed by atoms with Crippen LogP contribution in [-0.2, 0) is 6.42 Å². The first-order valence-corrected chi connectivity index (χ1v) is 9.45. The van der Waals surface area contributed by atoms with Crippen LogP contribution in [0.25, 0.3) is 0 Å². The van der Waals surface area contributed by atoms with Crippen molar-refractivity contribution in [2.75, 3.05) is 5.32 Å². The van der Waals surface area contributed by atoms with Gasteiger partial charge in [-0.25, -0.2) is 0 Å². The monoisotopic (exact) mass is 377 g/mol. The Kier molecular flexibility index (Phi) is 5.32. The number of para-hydroxylation sites is 1. The summed E-state index contributed by atoms with van der Waals surface area (Å²) in [5.74, 6) is 0.638. The van der Waals surface area contributed by atoms with Crippen molar-refractivity contribution < 1.29 is 14.3 Å². The minimum absolute atomic E-state index is 0.0389. The van der Waals surface area contributed by atoms with E-state index in [1.807, 2.05) is 19.1 Å². The number of carbonyl (C=O) groups excluding carboxylic acids is 1. The molecule has 3 aromatic rings. The number of carbonyl (C=O) groups is 1. The van der Waals surface area contributed by atoms with Crippen LogP contribution in [0.1, 0.15) is 55.3 Å². The maximum atomic E-state index is 12.6. The summed E-state index contributed by atoms with van der Waals surface area (Å²) in [6.45, 7) is 12.6. The van der Waals surface area contributed by atoms with Crippen molar-refractivity contribution in [2.24, 2.45) is 0 Å². The number of phenols is 1. The third-order valence-electron chi connectivity index (χ3n) is 5.88. The van der Waals surface area contributed by atoms with E-state index in [0.717, 1.165) is 11.3 Å². The van der Waals surface area contributed by atoms with Gasteiger partial charge in [0.1, 0.15) is 11.5 Å². The van der Waals surface area contributed by atoms with Gasteiger partial charge in [0.15, 0.2) is 5.76 Å². The summed E-state index contributed by atoms with van der Waals surface area (Å²) in [5.41, 5.74) is 8.92. The molecule has 0 bridgehead atoms. The van der Waals surface area contributed by atoms with Gasteiger partial charge in [0.05, 0.1) is 5.69 Å². The molecule has 0 radical (unpaired) electrons. The lowest BCUT2D eigenvalue weighted by molar-refractivity contribution is 0.0994. The lowest BCUT2D eigenvalue weighted by Crippen LogP contribution is -2.12. The Balaban J connectivity index is 1.85. The third kappa shape index (κ3) is 3.55. The van der Waals surface area contributed by atoms with E-state index >= 15 is 0 Å². The number of aryl methyl sites for hydroxylation is 1. The van der Waals surface area contributed by atoms with Crippen molar-refractivity contribution in [2.45, 2.75) is 48.0 Å². The van der Waals surface area contributed by atoms with Crippen molar-refractivity contribution in [3.05, 3.63) is 80.8 Å². The molecule has 1 amide bonds. The summed E-state index contributed by atoms with van der Waals surface area (Å²) in [6, 6.07) is 8.64. The fourth-order valence-electron chi connectivity index (χ4n) is 3.60. The number of benzene rings is 2. The van der Waals surface area contributed by atoms with Crippen molar-refractivity contribution >= 4 is 11.6 Å². The molecule has 0 unspecified atom stereocenters. The zero-order valence-corrected chi connectivity index (χ0v) is 17.4. The van der Waals surface area contributed by atoms with Gasteiger partial charge >= 0.3 is 0 Å². The number of amides is 1. The molecular formula is C24H27NO3. The highest BCUT2D eigenvalue weighted by Gasteiger charge is 2.17. The predicted molar refractivity (Wildman–Crippen MR) is 112 cm³/mol. The van der Waals surface area contributed by atoms with Gasteiger partial charge in [-0.3, -0.25) is 4.79 Å².